The molecule has 0 aromatic rings. The second kappa shape index (κ2) is 37.8. The summed E-state index contributed by atoms with van der Waals surface area (Å²) in [6, 6.07) is -1.01. The van der Waals surface area contributed by atoms with E-state index in [1.807, 2.05) is 0 Å². The Labute approximate surface area is 303 Å². The number of carbonyl (C=O) groups is 1. The lowest BCUT2D eigenvalue weighted by molar-refractivity contribution is -0.132. The normalized spacial score (nSPS) is 14.7. The lowest BCUT2D eigenvalue weighted by Crippen LogP contribution is -2.53. The van der Waals surface area contributed by atoms with Crippen LogP contribution in [0, 0.1) is 0 Å². The first kappa shape index (κ1) is 47.5. The highest BCUT2D eigenvalue weighted by Crippen LogP contribution is 2.15. The van der Waals surface area contributed by atoms with E-state index in [1.165, 1.54) is 116 Å². The molecule has 0 aromatic carbocycles. The van der Waals surface area contributed by atoms with E-state index in [2.05, 4.69) is 55.6 Å². The van der Waals surface area contributed by atoms with E-state index in [1.54, 1.807) is 0 Å². The lowest BCUT2D eigenvalue weighted by Gasteiger charge is -2.27. The van der Waals surface area contributed by atoms with Gasteiger partial charge in [-0.05, 0) is 57.8 Å². The fourth-order valence-corrected chi connectivity index (χ4v) is 6.19. The van der Waals surface area contributed by atoms with Gasteiger partial charge in [0.05, 0.1) is 18.8 Å². The highest BCUT2D eigenvalue weighted by atomic mass is 16.3. The smallest absolute Gasteiger partial charge is 0.249 e. The quantitative estimate of drug-likeness (QED) is 0.0329. The Hall–Kier alpha value is -1.47. The maximum absolute atomic E-state index is 12.5. The van der Waals surface area contributed by atoms with Crippen molar-refractivity contribution in [2.24, 2.45) is 0 Å². The molecule has 0 fully saturated rings. The summed E-state index contributed by atoms with van der Waals surface area (Å²) in [7, 11) is 0. The summed E-state index contributed by atoms with van der Waals surface area (Å²) in [5.74, 6) is -0.599. The first-order chi connectivity index (χ1) is 24.0. The van der Waals surface area contributed by atoms with Gasteiger partial charge in [0.25, 0.3) is 0 Å². The number of aliphatic hydroxyl groups excluding tert-OH is 4. The van der Waals surface area contributed by atoms with Crippen LogP contribution >= 0.6 is 0 Å². The molecule has 0 spiro atoms. The molecule has 0 bridgehead atoms. The van der Waals surface area contributed by atoms with Crippen molar-refractivity contribution in [1.29, 1.82) is 0 Å². The highest BCUT2D eigenvalue weighted by Gasteiger charge is 2.28. The molecule has 0 aromatic heterocycles. The summed E-state index contributed by atoms with van der Waals surface area (Å²) >= 11 is 0. The molecule has 6 heteroatoms. The fourth-order valence-electron chi connectivity index (χ4n) is 6.19. The van der Waals surface area contributed by atoms with Crippen LogP contribution in [0.5, 0.6) is 0 Å². The molecule has 0 saturated carbocycles. The van der Waals surface area contributed by atoms with E-state index in [9.17, 15) is 25.2 Å². The fraction of sp³-hybridized carbons (Fsp3) is 0.837. The number of aliphatic hydroxyl groups is 4. The molecule has 0 radical (unpaired) electrons. The van der Waals surface area contributed by atoms with Crippen LogP contribution in [0.4, 0.5) is 0 Å². The summed E-state index contributed by atoms with van der Waals surface area (Å²) in [5, 5.41) is 43.5. The third kappa shape index (κ3) is 32.2. The number of carbonyl (C=O) groups excluding carboxylic acids is 1. The van der Waals surface area contributed by atoms with Gasteiger partial charge >= 0.3 is 0 Å². The van der Waals surface area contributed by atoms with Gasteiger partial charge in [-0.2, -0.15) is 0 Å². The van der Waals surface area contributed by atoms with Crippen molar-refractivity contribution in [3.8, 4) is 0 Å². The van der Waals surface area contributed by atoms with Crippen LogP contribution in [0.3, 0.4) is 0 Å². The minimum atomic E-state index is -1.29. The predicted octanol–water partition coefficient (Wildman–Crippen LogP) is 10.6. The van der Waals surface area contributed by atoms with Gasteiger partial charge in [0.1, 0.15) is 12.2 Å². The lowest BCUT2D eigenvalue weighted by atomic mass is 10.00. The molecule has 0 heterocycles. The van der Waals surface area contributed by atoms with Crippen molar-refractivity contribution in [2.75, 3.05) is 6.61 Å². The Balaban J connectivity index is 3.82. The van der Waals surface area contributed by atoms with Gasteiger partial charge in [-0.25, -0.2) is 0 Å². The zero-order valence-electron chi connectivity index (χ0n) is 32.2. The second-order valence-corrected chi connectivity index (χ2v) is 14.3. The van der Waals surface area contributed by atoms with Crippen molar-refractivity contribution in [1.82, 2.24) is 5.32 Å². The standard InChI is InChI=1S/C43H81NO5/c1-3-5-7-9-11-13-15-17-19-20-21-23-25-27-29-31-33-35-37-41(47)43(49)44-39(38-45)42(48)40(46)36-34-32-30-28-26-24-22-18-16-14-12-10-8-6-4-2/h10,12,18,22,28,30,39-42,45-48H,3-9,11,13-17,19-21,23-27,29,31-38H2,1-2H3,(H,44,49)/b12-10+,22-18+,30-28+. The monoisotopic (exact) mass is 692 g/mol. The van der Waals surface area contributed by atoms with Gasteiger partial charge in [0, 0.05) is 0 Å². The SMILES string of the molecule is CCCC/C=C/CC/C=C/CC/C=C/CCCC(O)C(O)C(CO)NC(=O)C(O)CCCCCCCCCCCCCCCCCCCC. The van der Waals surface area contributed by atoms with Crippen LogP contribution in [0.1, 0.15) is 200 Å². The van der Waals surface area contributed by atoms with Crippen LogP contribution in [0.2, 0.25) is 0 Å². The molecular weight excluding hydrogens is 610 g/mol. The van der Waals surface area contributed by atoms with Gasteiger partial charge in [0.15, 0.2) is 0 Å². The number of hydrogen-bond acceptors (Lipinski definition) is 5. The summed E-state index contributed by atoms with van der Waals surface area (Å²) in [6.45, 7) is 3.99. The Morgan fingerprint density at radius 2 is 0.857 bits per heavy atom. The van der Waals surface area contributed by atoms with Crippen molar-refractivity contribution >= 4 is 5.91 Å². The molecule has 0 aliphatic heterocycles. The van der Waals surface area contributed by atoms with E-state index >= 15 is 0 Å². The molecule has 288 valence electrons. The highest BCUT2D eigenvalue weighted by molar-refractivity contribution is 5.80. The summed E-state index contributed by atoms with van der Waals surface area (Å²) < 4.78 is 0. The number of amides is 1. The first-order valence-corrected chi connectivity index (χ1v) is 20.9. The maximum atomic E-state index is 12.5. The summed E-state index contributed by atoms with van der Waals surface area (Å²) in [5.41, 5.74) is 0. The van der Waals surface area contributed by atoms with E-state index in [0.29, 0.717) is 19.3 Å². The van der Waals surface area contributed by atoms with Gasteiger partial charge in [0.2, 0.25) is 5.91 Å². The van der Waals surface area contributed by atoms with Gasteiger partial charge in [-0.1, -0.05) is 179 Å². The minimum Gasteiger partial charge on any atom is -0.394 e. The third-order valence-corrected chi connectivity index (χ3v) is 9.56. The van der Waals surface area contributed by atoms with E-state index in [0.717, 1.165) is 51.4 Å². The Morgan fingerprint density at radius 1 is 0.490 bits per heavy atom. The third-order valence-electron chi connectivity index (χ3n) is 9.56. The van der Waals surface area contributed by atoms with Crippen LogP contribution in [-0.2, 0) is 4.79 Å². The molecule has 6 nitrogen and oxygen atoms in total. The molecular formula is C43H81NO5. The van der Waals surface area contributed by atoms with Crippen LogP contribution in [0.15, 0.2) is 36.5 Å². The predicted molar refractivity (Wildman–Crippen MR) is 210 cm³/mol. The number of allylic oxidation sites excluding steroid dienone is 6. The van der Waals surface area contributed by atoms with Crippen molar-refractivity contribution < 1.29 is 25.2 Å². The zero-order valence-corrected chi connectivity index (χ0v) is 32.2. The number of nitrogens with one attached hydrogen (secondary N) is 1. The number of unbranched alkanes of at least 4 members (excludes halogenated alkanes) is 22. The van der Waals surface area contributed by atoms with Crippen LogP contribution in [-0.4, -0.2) is 57.3 Å². The molecule has 4 unspecified atom stereocenters. The molecule has 5 N–H and O–H groups in total. The second-order valence-electron chi connectivity index (χ2n) is 14.3. The maximum Gasteiger partial charge on any atom is 0.249 e. The van der Waals surface area contributed by atoms with Crippen molar-refractivity contribution in [2.45, 2.75) is 224 Å². The van der Waals surface area contributed by atoms with Crippen molar-refractivity contribution in [3.05, 3.63) is 36.5 Å². The number of hydrogen-bond donors (Lipinski definition) is 5. The van der Waals surface area contributed by atoms with Gasteiger partial charge in [-0.15, -0.1) is 0 Å². The van der Waals surface area contributed by atoms with Gasteiger partial charge < -0.3 is 25.7 Å². The van der Waals surface area contributed by atoms with Crippen LogP contribution < -0.4 is 5.32 Å². The minimum absolute atomic E-state index is 0.361. The van der Waals surface area contributed by atoms with E-state index in [4.69, 9.17) is 0 Å². The molecule has 0 rings (SSSR count). The summed E-state index contributed by atoms with van der Waals surface area (Å²) in [4.78, 5) is 12.5. The number of rotatable bonds is 37. The van der Waals surface area contributed by atoms with Crippen LogP contribution in [0.25, 0.3) is 0 Å². The largest absolute Gasteiger partial charge is 0.394 e. The summed E-state index contributed by atoms with van der Waals surface area (Å²) in [6.07, 6.45) is 43.1. The molecule has 0 saturated heterocycles. The van der Waals surface area contributed by atoms with E-state index < -0.39 is 36.9 Å². The topological polar surface area (TPSA) is 110 Å². The Kier molecular flexibility index (Phi) is 36.6. The average molecular weight is 692 g/mol. The molecule has 4 atom stereocenters. The Bertz CT molecular complexity index is 782. The zero-order chi connectivity index (χ0) is 36.0. The van der Waals surface area contributed by atoms with E-state index in [-0.39, 0.29) is 0 Å². The van der Waals surface area contributed by atoms with Crippen molar-refractivity contribution in [3.63, 3.8) is 0 Å². The molecule has 1 amide bonds. The van der Waals surface area contributed by atoms with Gasteiger partial charge in [-0.3, -0.25) is 4.79 Å². The molecule has 0 aliphatic carbocycles. The molecule has 0 aliphatic rings. The average Bonchev–Trinajstić information content (AvgIpc) is 3.11. The first-order valence-electron chi connectivity index (χ1n) is 20.9. The Morgan fingerprint density at radius 3 is 1.27 bits per heavy atom. The molecule has 49 heavy (non-hydrogen) atoms.